The molecule has 0 bridgehead atoms. The molecule has 0 spiro atoms. The van der Waals surface area contributed by atoms with Crippen LogP contribution < -0.4 is 0 Å². The highest BCUT2D eigenvalue weighted by molar-refractivity contribution is 7.89. The lowest BCUT2D eigenvalue weighted by atomic mass is 10.4. The van der Waals surface area contributed by atoms with Gasteiger partial charge in [0, 0.05) is 0 Å². The van der Waals surface area contributed by atoms with Crippen molar-refractivity contribution in [3.63, 3.8) is 0 Å². The number of rotatable bonds is 5. The number of hydrogen-bond donors (Lipinski definition) is 1. The number of aliphatic carboxylic acids is 1. The van der Waals surface area contributed by atoms with E-state index in [9.17, 15) is 26.4 Å². The largest absolute Gasteiger partial charge is 0.480 e. The van der Waals surface area contributed by atoms with Gasteiger partial charge in [-0.2, -0.15) is 17.5 Å². The van der Waals surface area contributed by atoms with Crippen molar-refractivity contribution in [2.75, 3.05) is 13.1 Å². The first kappa shape index (κ1) is 18.0. The number of sulfonamides is 1. The van der Waals surface area contributed by atoms with E-state index in [1.165, 1.54) is 12.1 Å². The third-order valence-corrected chi connectivity index (χ3v) is 4.97. The minimum atomic E-state index is -4.91. The zero-order chi connectivity index (χ0) is 16.4. The van der Waals surface area contributed by atoms with Crippen molar-refractivity contribution in [3.05, 3.63) is 28.2 Å². The lowest BCUT2D eigenvalue weighted by Gasteiger charge is -2.22. The number of carboxylic acids is 1. The van der Waals surface area contributed by atoms with E-state index in [0.29, 0.717) is 0 Å². The van der Waals surface area contributed by atoms with Crippen molar-refractivity contribution >= 4 is 39.2 Å². The first-order valence-corrected chi connectivity index (χ1v) is 7.37. The van der Waals surface area contributed by atoms with Gasteiger partial charge in [-0.25, -0.2) is 8.42 Å². The molecule has 0 amide bonds. The molecule has 0 heterocycles. The van der Waals surface area contributed by atoms with Gasteiger partial charge in [0.1, 0.15) is 18.0 Å². The van der Waals surface area contributed by atoms with Crippen molar-refractivity contribution in [1.29, 1.82) is 0 Å². The van der Waals surface area contributed by atoms with E-state index in [1.54, 1.807) is 0 Å². The highest BCUT2D eigenvalue weighted by Crippen LogP contribution is 2.32. The SMILES string of the molecule is O=C(O)CN(CC(F)(F)F)S(=O)(=O)c1cccc(Cl)c1Cl. The van der Waals surface area contributed by atoms with Gasteiger partial charge in [0.15, 0.2) is 0 Å². The molecule has 0 atom stereocenters. The number of nitrogens with zero attached hydrogens (tertiary/aromatic N) is 1. The van der Waals surface area contributed by atoms with E-state index in [4.69, 9.17) is 28.3 Å². The molecule has 11 heteroatoms. The van der Waals surface area contributed by atoms with Crippen molar-refractivity contribution in [2.45, 2.75) is 11.1 Å². The maximum absolute atomic E-state index is 12.4. The maximum atomic E-state index is 12.4. The van der Waals surface area contributed by atoms with Crippen LogP contribution in [0.15, 0.2) is 23.1 Å². The van der Waals surface area contributed by atoms with Crippen LogP contribution in [0.3, 0.4) is 0 Å². The number of benzene rings is 1. The molecule has 0 aliphatic heterocycles. The topological polar surface area (TPSA) is 74.7 Å². The first-order chi connectivity index (χ1) is 9.45. The Morgan fingerprint density at radius 3 is 2.33 bits per heavy atom. The number of carbonyl (C=O) groups is 1. The summed E-state index contributed by atoms with van der Waals surface area (Å²) in [4.78, 5) is 9.90. The van der Waals surface area contributed by atoms with Gasteiger partial charge < -0.3 is 5.11 Å². The quantitative estimate of drug-likeness (QED) is 0.870. The average molecular weight is 366 g/mol. The molecular formula is C10H8Cl2F3NO4S. The summed E-state index contributed by atoms with van der Waals surface area (Å²) in [7, 11) is -4.77. The summed E-state index contributed by atoms with van der Waals surface area (Å²) in [6.07, 6.45) is -4.91. The number of hydrogen-bond acceptors (Lipinski definition) is 3. The molecule has 0 saturated carbocycles. The molecule has 0 unspecified atom stereocenters. The number of alkyl halides is 3. The molecule has 118 valence electrons. The van der Waals surface area contributed by atoms with Crippen LogP contribution in [0.1, 0.15) is 0 Å². The molecule has 0 aliphatic rings. The smallest absolute Gasteiger partial charge is 0.402 e. The predicted molar refractivity (Wildman–Crippen MR) is 68.9 cm³/mol. The zero-order valence-electron chi connectivity index (χ0n) is 10.1. The van der Waals surface area contributed by atoms with Gasteiger partial charge in [0.05, 0.1) is 10.0 Å². The van der Waals surface area contributed by atoms with Gasteiger partial charge in [-0.3, -0.25) is 4.79 Å². The lowest BCUT2D eigenvalue weighted by Crippen LogP contribution is -2.42. The summed E-state index contributed by atoms with van der Waals surface area (Å²) in [5.41, 5.74) is 0. The second kappa shape index (κ2) is 6.39. The molecular weight excluding hydrogens is 358 g/mol. The van der Waals surface area contributed by atoms with Crippen molar-refractivity contribution in [1.82, 2.24) is 4.31 Å². The summed E-state index contributed by atoms with van der Waals surface area (Å²) in [6.45, 7) is -3.31. The normalized spacial score (nSPS) is 12.7. The summed E-state index contributed by atoms with van der Waals surface area (Å²) >= 11 is 11.3. The molecule has 0 saturated heterocycles. The van der Waals surface area contributed by atoms with Crippen LogP contribution in [-0.4, -0.2) is 43.1 Å². The Kier molecular flexibility index (Phi) is 5.48. The lowest BCUT2D eigenvalue weighted by molar-refractivity contribution is -0.146. The summed E-state index contributed by atoms with van der Waals surface area (Å²) < 4.78 is 61.3. The van der Waals surface area contributed by atoms with Crippen LogP contribution in [0.5, 0.6) is 0 Å². The van der Waals surface area contributed by atoms with Gasteiger partial charge in [0.25, 0.3) is 0 Å². The fraction of sp³-hybridized carbons (Fsp3) is 0.300. The standard InChI is InChI=1S/C10H8Cl2F3NO4S/c11-6-2-1-3-7(9(6)12)21(19,20)16(4-8(17)18)5-10(13,14)15/h1-3H,4-5H2,(H,17,18). The van der Waals surface area contributed by atoms with Gasteiger partial charge in [0.2, 0.25) is 10.0 Å². The molecule has 0 fully saturated rings. The molecule has 0 aromatic heterocycles. The predicted octanol–water partition coefficient (Wildman–Crippen LogP) is 2.63. The van der Waals surface area contributed by atoms with E-state index in [-0.39, 0.29) is 9.33 Å². The van der Waals surface area contributed by atoms with Crippen molar-refractivity contribution in [3.8, 4) is 0 Å². The highest BCUT2D eigenvalue weighted by Gasteiger charge is 2.39. The van der Waals surface area contributed by atoms with Crippen LogP contribution in [0.25, 0.3) is 0 Å². The van der Waals surface area contributed by atoms with E-state index in [1.807, 2.05) is 0 Å². The van der Waals surface area contributed by atoms with E-state index < -0.39 is 45.2 Å². The minimum absolute atomic E-state index is 0.181. The Hall–Kier alpha value is -1.03. The molecule has 0 aliphatic carbocycles. The zero-order valence-corrected chi connectivity index (χ0v) is 12.4. The fourth-order valence-electron chi connectivity index (χ4n) is 1.40. The van der Waals surface area contributed by atoms with Gasteiger partial charge >= 0.3 is 12.1 Å². The molecule has 0 radical (unpaired) electrons. The third-order valence-electron chi connectivity index (χ3n) is 2.20. The van der Waals surface area contributed by atoms with E-state index in [2.05, 4.69) is 0 Å². The fourth-order valence-corrected chi connectivity index (χ4v) is 3.51. The maximum Gasteiger partial charge on any atom is 0.402 e. The Bertz CT molecular complexity index is 648. The first-order valence-electron chi connectivity index (χ1n) is 5.18. The summed E-state index contributed by atoms with van der Waals surface area (Å²) in [5.74, 6) is -1.74. The van der Waals surface area contributed by atoms with E-state index >= 15 is 0 Å². The summed E-state index contributed by atoms with van der Waals surface area (Å²) in [5, 5.41) is 7.93. The van der Waals surface area contributed by atoms with Crippen LogP contribution in [-0.2, 0) is 14.8 Å². The molecule has 1 aromatic carbocycles. The highest BCUT2D eigenvalue weighted by atomic mass is 35.5. The molecule has 1 aromatic rings. The minimum Gasteiger partial charge on any atom is -0.480 e. The Morgan fingerprint density at radius 2 is 1.86 bits per heavy atom. The van der Waals surface area contributed by atoms with Crippen LogP contribution in [0.2, 0.25) is 10.0 Å². The Morgan fingerprint density at radius 1 is 1.29 bits per heavy atom. The van der Waals surface area contributed by atoms with Crippen LogP contribution in [0, 0.1) is 0 Å². The average Bonchev–Trinajstić information content (AvgIpc) is 2.29. The molecule has 5 nitrogen and oxygen atoms in total. The second-order valence-corrected chi connectivity index (χ2v) is 6.53. The van der Waals surface area contributed by atoms with Crippen molar-refractivity contribution in [2.24, 2.45) is 0 Å². The van der Waals surface area contributed by atoms with Crippen molar-refractivity contribution < 1.29 is 31.5 Å². The van der Waals surface area contributed by atoms with Crippen LogP contribution in [0.4, 0.5) is 13.2 Å². The molecule has 1 N–H and O–H groups in total. The van der Waals surface area contributed by atoms with Gasteiger partial charge in [-0.15, -0.1) is 0 Å². The van der Waals surface area contributed by atoms with Gasteiger partial charge in [-0.1, -0.05) is 29.3 Å². The second-order valence-electron chi connectivity index (χ2n) is 3.83. The Labute approximate surface area is 127 Å². The van der Waals surface area contributed by atoms with E-state index in [0.717, 1.165) is 6.07 Å². The summed E-state index contributed by atoms with van der Waals surface area (Å²) in [6, 6.07) is 3.36. The molecule has 1 rings (SSSR count). The van der Waals surface area contributed by atoms with Crippen LogP contribution >= 0.6 is 23.2 Å². The van der Waals surface area contributed by atoms with Gasteiger partial charge in [-0.05, 0) is 12.1 Å². The molecule has 21 heavy (non-hydrogen) atoms. The Balaban J connectivity index is 3.33. The number of carboxylic acid groups (broad SMARTS) is 1. The monoisotopic (exact) mass is 365 g/mol. The third kappa shape index (κ3) is 4.73. The number of halogens is 5.